The quantitative estimate of drug-likeness (QED) is 0.307. The van der Waals surface area contributed by atoms with Crippen molar-refractivity contribution in [3.8, 4) is 0 Å². The SMILES string of the molecule is CC(=O)N(C(=O)CN1CC(C)(c2ccccc2)C(c2ccc(C(F)(F)F)c(Cl)c2)=N1)c1ccc(C(F)(F)F)cc1. The highest BCUT2D eigenvalue weighted by atomic mass is 35.5. The van der Waals surface area contributed by atoms with E-state index < -0.39 is 52.3 Å². The van der Waals surface area contributed by atoms with Crippen LogP contribution in [0.4, 0.5) is 32.0 Å². The lowest BCUT2D eigenvalue weighted by Gasteiger charge is -2.28. The zero-order chi connectivity index (χ0) is 29.5. The highest BCUT2D eigenvalue weighted by molar-refractivity contribution is 6.32. The number of rotatable bonds is 5. The Hall–Kier alpha value is -3.86. The lowest BCUT2D eigenvalue weighted by molar-refractivity contribution is -0.138. The molecule has 0 spiro atoms. The molecule has 1 aliphatic rings. The van der Waals surface area contributed by atoms with E-state index in [1.165, 1.54) is 17.1 Å². The van der Waals surface area contributed by atoms with Crippen LogP contribution in [0.5, 0.6) is 0 Å². The van der Waals surface area contributed by atoms with Crippen LogP contribution < -0.4 is 4.90 Å². The van der Waals surface area contributed by atoms with Crippen molar-refractivity contribution in [1.82, 2.24) is 5.01 Å². The molecule has 0 bridgehead atoms. The number of hydrazone groups is 1. The summed E-state index contributed by atoms with van der Waals surface area (Å²) in [5.41, 5.74) is -1.44. The van der Waals surface area contributed by atoms with E-state index in [2.05, 4.69) is 5.10 Å². The van der Waals surface area contributed by atoms with Gasteiger partial charge in [0.25, 0.3) is 5.91 Å². The molecule has 3 aromatic carbocycles. The predicted molar refractivity (Wildman–Crippen MR) is 138 cm³/mol. The Morgan fingerprint density at radius 1 is 0.950 bits per heavy atom. The summed E-state index contributed by atoms with van der Waals surface area (Å²) < 4.78 is 78.8. The first-order valence-electron chi connectivity index (χ1n) is 11.9. The van der Waals surface area contributed by atoms with Crippen LogP contribution in [0.2, 0.25) is 5.02 Å². The van der Waals surface area contributed by atoms with Crippen molar-refractivity contribution >= 4 is 34.8 Å². The van der Waals surface area contributed by atoms with Gasteiger partial charge in [0.1, 0.15) is 6.54 Å². The van der Waals surface area contributed by atoms with Gasteiger partial charge in [0.05, 0.1) is 39.5 Å². The summed E-state index contributed by atoms with van der Waals surface area (Å²) in [6.07, 6.45) is -9.24. The Bertz CT molecular complexity index is 1460. The van der Waals surface area contributed by atoms with Crippen molar-refractivity contribution < 1.29 is 35.9 Å². The predicted octanol–water partition coefficient (Wildman–Crippen LogP) is 6.93. The number of anilines is 1. The molecule has 210 valence electrons. The summed E-state index contributed by atoms with van der Waals surface area (Å²) >= 11 is 5.98. The fourth-order valence-corrected chi connectivity index (χ4v) is 4.94. The number of nitrogens with zero attached hydrogens (tertiary/aromatic N) is 3. The van der Waals surface area contributed by atoms with E-state index in [0.29, 0.717) is 11.3 Å². The van der Waals surface area contributed by atoms with Crippen LogP contribution in [-0.2, 0) is 27.4 Å². The third-order valence-corrected chi connectivity index (χ3v) is 6.87. The van der Waals surface area contributed by atoms with Crippen molar-refractivity contribution in [3.05, 3.63) is 100 Å². The van der Waals surface area contributed by atoms with Crippen molar-refractivity contribution in [2.24, 2.45) is 5.10 Å². The largest absolute Gasteiger partial charge is 0.417 e. The van der Waals surface area contributed by atoms with E-state index >= 15 is 0 Å². The first-order valence-corrected chi connectivity index (χ1v) is 12.3. The van der Waals surface area contributed by atoms with Gasteiger partial charge in [-0.25, -0.2) is 4.90 Å². The monoisotopic (exact) mass is 581 g/mol. The second kappa shape index (κ2) is 10.6. The Morgan fingerprint density at radius 2 is 1.57 bits per heavy atom. The van der Waals surface area contributed by atoms with Crippen molar-refractivity contribution in [2.45, 2.75) is 31.6 Å². The number of amides is 2. The number of carbonyl (C=O) groups is 2. The van der Waals surface area contributed by atoms with Gasteiger partial charge in [-0.15, -0.1) is 0 Å². The standard InChI is InChI=1S/C28H22ClF6N3O2/c1-17(39)38(21-11-9-20(10-12-21)27(30,31)32)24(40)15-37-16-26(2,19-6-4-3-5-7-19)25(36-37)18-8-13-22(23(29)14-18)28(33,34)35/h3-14H,15-16H2,1-2H3. The number of hydrogen-bond donors (Lipinski definition) is 0. The molecule has 12 heteroatoms. The molecule has 0 saturated heterocycles. The van der Waals surface area contributed by atoms with Crippen molar-refractivity contribution in [1.29, 1.82) is 0 Å². The van der Waals surface area contributed by atoms with Gasteiger partial charge in [-0.1, -0.05) is 48.0 Å². The molecule has 1 atom stereocenters. The summed E-state index contributed by atoms with van der Waals surface area (Å²) in [5, 5.41) is 5.41. The number of imide groups is 1. The van der Waals surface area contributed by atoms with Gasteiger partial charge >= 0.3 is 12.4 Å². The van der Waals surface area contributed by atoms with Gasteiger partial charge < -0.3 is 0 Å². The van der Waals surface area contributed by atoms with Crippen LogP contribution in [0, 0.1) is 0 Å². The highest BCUT2D eigenvalue weighted by Crippen LogP contribution is 2.39. The molecule has 1 heterocycles. The molecule has 0 saturated carbocycles. The van der Waals surface area contributed by atoms with Crippen LogP contribution in [0.25, 0.3) is 0 Å². The third kappa shape index (κ3) is 5.84. The Kier molecular flexibility index (Phi) is 7.72. The molecule has 0 N–H and O–H groups in total. The summed E-state index contributed by atoms with van der Waals surface area (Å²) in [6.45, 7) is 2.61. The fraction of sp³-hybridized carbons (Fsp3) is 0.250. The van der Waals surface area contributed by atoms with Crippen LogP contribution in [-0.4, -0.2) is 35.6 Å². The van der Waals surface area contributed by atoms with Crippen molar-refractivity contribution in [2.75, 3.05) is 18.0 Å². The van der Waals surface area contributed by atoms with Crippen LogP contribution in [0.3, 0.4) is 0 Å². The Balaban J connectivity index is 1.68. The van der Waals surface area contributed by atoms with Gasteiger partial charge in [0, 0.05) is 12.5 Å². The van der Waals surface area contributed by atoms with Gasteiger partial charge in [-0.2, -0.15) is 31.4 Å². The van der Waals surface area contributed by atoms with E-state index in [4.69, 9.17) is 11.6 Å². The molecule has 4 rings (SSSR count). The number of hydrogen-bond acceptors (Lipinski definition) is 4. The zero-order valence-corrected chi connectivity index (χ0v) is 21.9. The maximum absolute atomic E-state index is 13.3. The van der Waals surface area contributed by atoms with Gasteiger partial charge in [-0.3, -0.25) is 14.6 Å². The second-order valence-electron chi connectivity index (χ2n) is 9.45. The van der Waals surface area contributed by atoms with E-state index in [1.54, 1.807) is 18.2 Å². The molecular weight excluding hydrogens is 560 g/mol. The average molecular weight is 582 g/mol. The van der Waals surface area contributed by atoms with Gasteiger partial charge in [-0.05, 0) is 48.9 Å². The number of alkyl halides is 6. The van der Waals surface area contributed by atoms with Gasteiger partial charge in [0.2, 0.25) is 5.91 Å². The topological polar surface area (TPSA) is 53.0 Å². The molecule has 3 aromatic rings. The molecule has 40 heavy (non-hydrogen) atoms. The minimum absolute atomic E-state index is 0.0470. The van der Waals surface area contributed by atoms with Crippen LogP contribution >= 0.6 is 11.6 Å². The smallest absolute Gasteiger partial charge is 0.286 e. The summed E-state index contributed by atoms with van der Waals surface area (Å²) in [5.74, 6) is -1.47. The summed E-state index contributed by atoms with van der Waals surface area (Å²) in [7, 11) is 0. The minimum atomic E-state index is -4.65. The highest BCUT2D eigenvalue weighted by Gasteiger charge is 2.42. The van der Waals surface area contributed by atoms with Crippen LogP contribution in [0.15, 0.2) is 77.9 Å². The molecule has 0 radical (unpaired) electrons. The van der Waals surface area contributed by atoms with Crippen molar-refractivity contribution in [3.63, 3.8) is 0 Å². The maximum Gasteiger partial charge on any atom is 0.417 e. The molecule has 0 aromatic heterocycles. The third-order valence-electron chi connectivity index (χ3n) is 6.56. The van der Waals surface area contributed by atoms with Gasteiger partial charge in [0.15, 0.2) is 0 Å². The molecule has 5 nitrogen and oxygen atoms in total. The first-order chi connectivity index (χ1) is 18.6. The van der Waals surface area contributed by atoms with E-state index in [0.717, 1.165) is 47.7 Å². The number of carbonyl (C=O) groups excluding carboxylic acids is 2. The lowest BCUT2D eigenvalue weighted by Crippen LogP contribution is -2.43. The van der Waals surface area contributed by atoms with E-state index in [9.17, 15) is 35.9 Å². The molecule has 1 unspecified atom stereocenters. The number of benzene rings is 3. The normalized spacial score (nSPS) is 17.5. The van der Waals surface area contributed by atoms with E-state index in [1.807, 2.05) is 19.1 Å². The lowest BCUT2D eigenvalue weighted by atomic mass is 9.76. The first kappa shape index (κ1) is 29.1. The number of halogens is 7. The molecule has 0 fully saturated rings. The second-order valence-corrected chi connectivity index (χ2v) is 9.86. The Morgan fingerprint density at radius 3 is 2.10 bits per heavy atom. The molecular formula is C28H22ClF6N3O2. The zero-order valence-electron chi connectivity index (χ0n) is 21.1. The maximum atomic E-state index is 13.3. The van der Waals surface area contributed by atoms with Crippen LogP contribution in [0.1, 0.15) is 36.1 Å². The fourth-order valence-electron chi connectivity index (χ4n) is 4.65. The Labute approximate surface area is 230 Å². The average Bonchev–Trinajstić information content (AvgIpc) is 3.20. The van der Waals surface area contributed by atoms with E-state index in [-0.39, 0.29) is 12.2 Å². The minimum Gasteiger partial charge on any atom is -0.286 e. The molecule has 1 aliphatic heterocycles. The summed E-state index contributed by atoms with van der Waals surface area (Å²) in [6, 6.07) is 15.9. The molecule has 0 aliphatic carbocycles. The summed E-state index contributed by atoms with van der Waals surface area (Å²) in [4.78, 5) is 26.3. The molecule has 2 amide bonds.